The Balaban J connectivity index is 2.02. The molecule has 0 aromatic heterocycles. The number of amides is 2. The predicted molar refractivity (Wildman–Crippen MR) is 86.1 cm³/mol. The molecule has 5 nitrogen and oxygen atoms in total. The van der Waals surface area contributed by atoms with Crippen molar-refractivity contribution in [2.45, 2.75) is 19.4 Å². The molecule has 1 saturated heterocycles. The molecule has 1 aliphatic rings. The predicted octanol–water partition coefficient (Wildman–Crippen LogP) is 1.53. The largest absolute Gasteiger partial charge is 0.354 e. The molecular formula is C15H20BrN3O2. The van der Waals surface area contributed by atoms with Crippen LogP contribution in [0.3, 0.4) is 0 Å². The molecular weight excluding hydrogens is 334 g/mol. The molecule has 0 radical (unpaired) electrons. The number of nitrogens with zero attached hydrogens (tertiary/aromatic N) is 1. The number of nitrogens with one attached hydrogen (secondary N) is 2. The van der Waals surface area contributed by atoms with Gasteiger partial charge in [0, 0.05) is 23.6 Å². The number of carbonyl (C=O) groups excluding carboxylic acids is 2. The van der Waals surface area contributed by atoms with Crippen molar-refractivity contribution in [2.75, 3.05) is 25.0 Å². The van der Waals surface area contributed by atoms with Gasteiger partial charge in [-0.15, -0.1) is 0 Å². The lowest BCUT2D eigenvalue weighted by atomic mass is 10.1. The van der Waals surface area contributed by atoms with E-state index in [2.05, 4.69) is 26.6 Å². The molecule has 2 atom stereocenters. The molecule has 1 aromatic carbocycles. The first-order chi connectivity index (χ1) is 10.0. The highest BCUT2D eigenvalue weighted by Crippen LogP contribution is 2.31. The summed E-state index contributed by atoms with van der Waals surface area (Å²) in [5.74, 6) is -0.894. The molecule has 0 aliphatic carbocycles. The number of anilines is 1. The Kier molecular flexibility index (Phi) is 5.36. The van der Waals surface area contributed by atoms with Crippen molar-refractivity contribution in [3.05, 3.63) is 28.7 Å². The number of hydrogen-bond donors (Lipinski definition) is 2. The molecule has 2 N–H and O–H groups in total. The van der Waals surface area contributed by atoms with Crippen LogP contribution in [0.25, 0.3) is 0 Å². The quantitative estimate of drug-likeness (QED) is 0.789. The summed E-state index contributed by atoms with van der Waals surface area (Å²) < 4.78 is 0.864. The first kappa shape index (κ1) is 16.0. The molecule has 1 heterocycles. The van der Waals surface area contributed by atoms with Gasteiger partial charge in [0.05, 0.1) is 5.69 Å². The zero-order chi connectivity index (χ0) is 15.4. The first-order valence-corrected chi connectivity index (χ1v) is 7.84. The van der Waals surface area contributed by atoms with Crippen LogP contribution < -0.4 is 15.5 Å². The lowest BCUT2D eigenvalue weighted by Crippen LogP contribution is -2.42. The highest BCUT2D eigenvalue weighted by Gasteiger charge is 2.38. The molecule has 1 fully saturated rings. The fourth-order valence-corrected chi connectivity index (χ4v) is 2.81. The molecule has 1 aromatic rings. The van der Waals surface area contributed by atoms with Crippen LogP contribution in [0.4, 0.5) is 5.69 Å². The lowest BCUT2D eigenvalue weighted by molar-refractivity contribution is -0.132. The van der Waals surface area contributed by atoms with E-state index in [4.69, 9.17) is 0 Å². The number of halogens is 1. The molecule has 6 heteroatoms. The van der Waals surface area contributed by atoms with E-state index >= 15 is 0 Å². The Hall–Kier alpha value is -1.40. The summed E-state index contributed by atoms with van der Waals surface area (Å²) in [5, 5.41) is 5.88. The summed E-state index contributed by atoms with van der Waals surface area (Å²) >= 11 is 3.45. The van der Waals surface area contributed by atoms with Crippen molar-refractivity contribution < 1.29 is 9.59 Å². The Morgan fingerprint density at radius 1 is 1.48 bits per heavy atom. The van der Waals surface area contributed by atoms with Gasteiger partial charge in [-0.1, -0.05) is 12.1 Å². The summed E-state index contributed by atoms with van der Waals surface area (Å²) in [6.45, 7) is 3.07. The second kappa shape index (κ2) is 7.04. The van der Waals surface area contributed by atoms with E-state index in [1.165, 1.54) is 0 Å². The summed E-state index contributed by atoms with van der Waals surface area (Å²) in [4.78, 5) is 26.3. The van der Waals surface area contributed by atoms with Crippen LogP contribution in [0.2, 0.25) is 0 Å². The highest BCUT2D eigenvalue weighted by atomic mass is 79.9. The van der Waals surface area contributed by atoms with E-state index in [-0.39, 0.29) is 17.9 Å². The molecule has 2 rings (SSSR count). The minimum absolute atomic E-state index is 0.128. The van der Waals surface area contributed by atoms with E-state index in [0.29, 0.717) is 19.5 Å². The normalized spacial score (nSPS) is 19.7. The molecule has 114 valence electrons. The minimum Gasteiger partial charge on any atom is -0.354 e. The van der Waals surface area contributed by atoms with E-state index in [0.717, 1.165) is 10.2 Å². The fourth-order valence-electron chi connectivity index (χ4n) is 2.31. The van der Waals surface area contributed by atoms with Gasteiger partial charge < -0.3 is 15.5 Å². The zero-order valence-electron chi connectivity index (χ0n) is 12.2. The molecule has 0 saturated carbocycles. The van der Waals surface area contributed by atoms with E-state index in [9.17, 15) is 9.59 Å². The third-order valence-electron chi connectivity index (χ3n) is 3.74. The van der Waals surface area contributed by atoms with Gasteiger partial charge in [0.15, 0.2) is 0 Å². The van der Waals surface area contributed by atoms with E-state index < -0.39 is 5.92 Å². The van der Waals surface area contributed by atoms with Crippen molar-refractivity contribution >= 4 is 33.4 Å². The van der Waals surface area contributed by atoms with Gasteiger partial charge in [-0.3, -0.25) is 9.59 Å². The molecule has 2 unspecified atom stereocenters. The van der Waals surface area contributed by atoms with Crippen LogP contribution >= 0.6 is 15.9 Å². The average molecular weight is 354 g/mol. The maximum Gasteiger partial charge on any atom is 0.239 e. The van der Waals surface area contributed by atoms with Crippen molar-refractivity contribution in [2.24, 2.45) is 5.92 Å². The summed E-state index contributed by atoms with van der Waals surface area (Å²) in [6, 6.07) is 7.74. The van der Waals surface area contributed by atoms with Crippen molar-refractivity contribution in [1.29, 1.82) is 0 Å². The van der Waals surface area contributed by atoms with Gasteiger partial charge in [0.2, 0.25) is 11.8 Å². The molecule has 2 amide bonds. The minimum atomic E-state index is -0.582. The van der Waals surface area contributed by atoms with Crippen LogP contribution in [0.15, 0.2) is 28.7 Å². The molecule has 0 spiro atoms. The van der Waals surface area contributed by atoms with Crippen molar-refractivity contribution in [1.82, 2.24) is 10.6 Å². The van der Waals surface area contributed by atoms with Gasteiger partial charge in [-0.05, 0) is 48.5 Å². The van der Waals surface area contributed by atoms with Gasteiger partial charge in [-0.25, -0.2) is 0 Å². The van der Waals surface area contributed by atoms with Crippen LogP contribution in [0.5, 0.6) is 0 Å². The van der Waals surface area contributed by atoms with Crippen LogP contribution in [0, 0.1) is 5.92 Å². The van der Waals surface area contributed by atoms with Crippen LogP contribution in [-0.4, -0.2) is 38.0 Å². The Bertz CT molecular complexity index is 535. The van der Waals surface area contributed by atoms with E-state index in [1.807, 2.05) is 38.2 Å². The van der Waals surface area contributed by atoms with Crippen molar-refractivity contribution in [3.63, 3.8) is 0 Å². The standard InChI is InChI=1S/C15H20BrN3O2/c1-10(17-2)9-18-14(20)11-7-8-19(15(11)21)13-6-4-3-5-12(13)16/h3-6,10-11,17H,7-9H2,1-2H3,(H,18,20). The molecule has 1 aliphatic heterocycles. The number of likely N-dealkylation sites (N-methyl/N-ethyl adjacent to an activating group) is 1. The summed E-state index contributed by atoms with van der Waals surface area (Å²) in [5.41, 5.74) is 0.821. The third-order valence-corrected chi connectivity index (χ3v) is 4.41. The van der Waals surface area contributed by atoms with Crippen LogP contribution in [0.1, 0.15) is 13.3 Å². The topological polar surface area (TPSA) is 61.4 Å². The SMILES string of the molecule is CNC(C)CNC(=O)C1CCN(c2ccccc2Br)C1=O. The average Bonchev–Trinajstić information content (AvgIpc) is 2.86. The fraction of sp³-hybridized carbons (Fsp3) is 0.467. The smallest absolute Gasteiger partial charge is 0.239 e. The summed E-state index contributed by atoms with van der Waals surface area (Å²) in [7, 11) is 1.84. The molecule has 21 heavy (non-hydrogen) atoms. The van der Waals surface area contributed by atoms with Gasteiger partial charge in [0.1, 0.15) is 5.92 Å². The van der Waals surface area contributed by atoms with E-state index in [1.54, 1.807) is 4.90 Å². The number of hydrogen-bond acceptors (Lipinski definition) is 3. The maximum absolute atomic E-state index is 12.4. The third kappa shape index (κ3) is 3.63. The van der Waals surface area contributed by atoms with Crippen molar-refractivity contribution in [3.8, 4) is 0 Å². The number of benzene rings is 1. The Labute approximate surface area is 133 Å². The van der Waals surface area contributed by atoms with Gasteiger partial charge in [-0.2, -0.15) is 0 Å². The molecule has 0 bridgehead atoms. The van der Waals surface area contributed by atoms with Gasteiger partial charge >= 0.3 is 0 Å². The van der Waals surface area contributed by atoms with Crippen LogP contribution in [-0.2, 0) is 9.59 Å². The maximum atomic E-state index is 12.4. The van der Waals surface area contributed by atoms with Gasteiger partial charge in [0.25, 0.3) is 0 Å². The second-order valence-corrected chi connectivity index (χ2v) is 6.07. The number of carbonyl (C=O) groups is 2. The first-order valence-electron chi connectivity index (χ1n) is 7.05. The second-order valence-electron chi connectivity index (χ2n) is 5.22. The Morgan fingerprint density at radius 2 is 2.19 bits per heavy atom. The zero-order valence-corrected chi connectivity index (χ0v) is 13.8. The Morgan fingerprint density at radius 3 is 2.86 bits per heavy atom. The monoisotopic (exact) mass is 353 g/mol. The number of rotatable bonds is 5. The lowest BCUT2D eigenvalue weighted by Gasteiger charge is -2.18. The number of para-hydroxylation sites is 1. The highest BCUT2D eigenvalue weighted by molar-refractivity contribution is 9.10. The summed E-state index contributed by atoms with van der Waals surface area (Å²) in [6.07, 6.45) is 0.555.